The third-order valence-electron chi connectivity index (χ3n) is 5.89. The summed E-state index contributed by atoms with van der Waals surface area (Å²) in [5.74, 6) is -1.52. The minimum atomic E-state index is -1.09. The average molecular weight is 440 g/mol. The number of aliphatic carboxylic acids is 1. The third kappa shape index (κ3) is 5.08. The lowest BCUT2D eigenvalue weighted by Gasteiger charge is -2.24. The van der Waals surface area contributed by atoms with E-state index in [0.29, 0.717) is 0 Å². The fourth-order valence-electron chi connectivity index (χ4n) is 3.81. The first-order valence-corrected chi connectivity index (χ1v) is 10.4. The number of rotatable bonds is 9. The van der Waals surface area contributed by atoms with Crippen molar-refractivity contribution < 1.29 is 29.0 Å². The topological polar surface area (TPSA) is 105 Å². The van der Waals surface area contributed by atoms with Crippen LogP contribution >= 0.6 is 0 Å². The molecule has 0 spiro atoms. The van der Waals surface area contributed by atoms with Crippen molar-refractivity contribution in [2.75, 3.05) is 27.3 Å². The molecule has 0 aromatic heterocycles. The molecule has 2 N–H and O–H groups in total. The Morgan fingerprint density at radius 2 is 1.62 bits per heavy atom. The molecule has 32 heavy (non-hydrogen) atoms. The Morgan fingerprint density at radius 3 is 2.16 bits per heavy atom. The molecule has 2 unspecified atom stereocenters. The van der Waals surface area contributed by atoms with Gasteiger partial charge in [0.25, 0.3) is 0 Å². The number of carbonyl (C=O) groups is 3. The number of methoxy groups -OCH3 is 1. The molecule has 0 saturated carbocycles. The number of fused-ring (bicyclic) bond motifs is 3. The van der Waals surface area contributed by atoms with Gasteiger partial charge in [-0.15, -0.1) is 0 Å². The molecule has 0 radical (unpaired) electrons. The summed E-state index contributed by atoms with van der Waals surface area (Å²) in [6.45, 7) is 1.68. The summed E-state index contributed by atoms with van der Waals surface area (Å²) in [7, 11) is 2.85. The van der Waals surface area contributed by atoms with Gasteiger partial charge in [-0.3, -0.25) is 4.79 Å². The van der Waals surface area contributed by atoms with E-state index in [2.05, 4.69) is 17.4 Å². The molecule has 0 fully saturated rings. The molecule has 2 aromatic carbocycles. The number of hydrogen-bond acceptors (Lipinski definition) is 5. The van der Waals surface area contributed by atoms with Gasteiger partial charge in [0.1, 0.15) is 12.6 Å². The number of likely N-dealkylation sites (N-methyl/N-ethyl adjacent to an activating group) is 1. The van der Waals surface area contributed by atoms with Crippen LogP contribution in [0.2, 0.25) is 0 Å². The molecule has 1 aliphatic rings. The molecule has 170 valence electrons. The SMILES string of the molecule is COC(CNC(=O)OCC1c2ccccc2-c2ccccc21)CC(=O)N(C)C(C)C(=O)O. The zero-order valence-corrected chi connectivity index (χ0v) is 18.4. The van der Waals surface area contributed by atoms with Crippen molar-refractivity contribution in [1.29, 1.82) is 0 Å². The van der Waals surface area contributed by atoms with E-state index in [0.717, 1.165) is 27.2 Å². The minimum absolute atomic E-state index is 0.0425. The van der Waals surface area contributed by atoms with Gasteiger partial charge in [0, 0.05) is 26.6 Å². The van der Waals surface area contributed by atoms with Crippen LogP contribution in [0.5, 0.6) is 0 Å². The van der Waals surface area contributed by atoms with E-state index in [1.165, 1.54) is 21.1 Å². The maximum absolute atomic E-state index is 12.3. The van der Waals surface area contributed by atoms with Crippen molar-refractivity contribution in [2.45, 2.75) is 31.4 Å². The fourth-order valence-corrected chi connectivity index (χ4v) is 3.81. The Balaban J connectivity index is 1.53. The van der Waals surface area contributed by atoms with E-state index in [1.54, 1.807) is 0 Å². The molecule has 8 nitrogen and oxygen atoms in total. The maximum Gasteiger partial charge on any atom is 0.407 e. The molecule has 2 amide bonds. The first-order chi connectivity index (χ1) is 15.3. The highest BCUT2D eigenvalue weighted by atomic mass is 16.5. The Kier molecular flexibility index (Phi) is 7.48. The van der Waals surface area contributed by atoms with E-state index in [-0.39, 0.29) is 31.4 Å². The molecule has 2 atom stereocenters. The van der Waals surface area contributed by atoms with Crippen LogP contribution in [0.25, 0.3) is 11.1 Å². The molecular formula is C24H28N2O6. The van der Waals surface area contributed by atoms with Gasteiger partial charge in [0.05, 0.1) is 12.5 Å². The lowest BCUT2D eigenvalue weighted by atomic mass is 9.98. The van der Waals surface area contributed by atoms with Crippen molar-refractivity contribution in [3.63, 3.8) is 0 Å². The van der Waals surface area contributed by atoms with E-state index < -0.39 is 24.2 Å². The predicted molar refractivity (Wildman–Crippen MR) is 118 cm³/mol. The first-order valence-electron chi connectivity index (χ1n) is 10.4. The van der Waals surface area contributed by atoms with Crippen LogP contribution in [0.4, 0.5) is 4.79 Å². The van der Waals surface area contributed by atoms with Gasteiger partial charge in [-0.1, -0.05) is 48.5 Å². The number of ether oxygens (including phenoxy) is 2. The van der Waals surface area contributed by atoms with E-state index in [1.807, 2.05) is 36.4 Å². The van der Waals surface area contributed by atoms with Crippen LogP contribution in [0.15, 0.2) is 48.5 Å². The van der Waals surface area contributed by atoms with Crippen LogP contribution in [-0.2, 0) is 19.1 Å². The van der Waals surface area contributed by atoms with Crippen molar-refractivity contribution >= 4 is 18.0 Å². The number of carboxylic acid groups (broad SMARTS) is 1. The second-order valence-electron chi connectivity index (χ2n) is 7.79. The lowest BCUT2D eigenvalue weighted by Crippen LogP contribution is -2.43. The highest BCUT2D eigenvalue weighted by molar-refractivity contribution is 5.83. The highest BCUT2D eigenvalue weighted by Crippen LogP contribution is 2.44. The van der Waals surface area contributed by atoms with Crippen LogP contribution < -0.4 is 5.32 Å². The Labute approximate surface area is 187 Å². The number of alkyl carbamates (subject to hydrolysis) is 1. The summed E-state index contributed by atoms with van der Waals surface area (Å²) in [4.78, 5) is 36.8. The molecular weight excluding hydrogens is 412 g/mol. The molecule has 0 saturated heterocycles. The van der Waals surface area contributed by atoms with E-state index in [9.17, 15) is 14.4 Å². The van der Waals surface area contributed by atoms with Crippen LogP contribution in [0.3, 0.4) is 0 Å². The van der Waals surface area contributed by atoms with Crippen LogP contribution in [0, 0.1) is 0 Å². The van der Waals surface area contributed by atoms with Gasteiger partial charge in [-0.2, -0.15) is 0 Å². The van der Waals surface area contributed by atoms with Crippen molar-refractivity contribution in [2.24, 2.45) is 0 Å². The second kappa shape index (κ2) is 10.3. The predicted octanol–water partition coefficient (Wildman–Crippen LogP) is 2.86. The number of nitrogens with zero attached hydrogens (tertiary/aromatic N) is 1. The van der Waals surface area contributed by atoms with Crippen LogP contribution in [0.1, 0.15) is 30.4 Å². The quantitative estimate of drug-likeness (QED) is 0.621. The molecule has 0 heterocycles. The standard InChI is InChI=1S/C24H28N2O6/c1-15(23(28)29)26(2)22(27)12-16(31-3)13-25-24(30)32-14-21-19-10-6-4-8-17(19)18-9-5-7-11-20(18)21/h4-11,15-16,21H,12-14H2,1-3H3,(H,25,30)(H,28,29). The Bertz CT molecular complexity index is 946. The zero-order chi connectivity index (χ0) is 23.3. The van der Waals surface area contributed by atoms with Crippen molar-refractivity contribution in [3.05, 3.63) is 59.7 Å². The molecule has 1 aliphatic carbocycles. The van der Waals surface area contributed by atoms with Gasteiger partial charge in [0.2, 0.25) is 5.91 Å². The molecule has 0 bridgehead atoms. The second-order valence-corrected chi connectivity index (χ2v) is 7.79. The van der Waals surface area contributed by atoms with Crippen molar-refractivity contribution in [3.8, 4) is 11.1 Å². The smallest absolute Gasteiger partial charge is 0.407 e. The summed E-state index contributed by atoms with van der Waals surface area (Å²) in [6, 6.07) is 15.2. The normalized spacial score (nSPS) is 14.1. The van der Waals surface area contributed by atoms with Gasteiger partial charge in [0.15, 0.2) is 0 Å². The van der Waals surface area contributed by atoms with Gasteiger partial charge < -0.3 is 24.8 Å². The summed E-state index contributed by atoms with van der Waals surface area (Å²) in [5.41, 5.74) is 4.54. The lowest BCUT2D eigenvalue weighted by molar-refractivity contribution is -0.149. The summed E-state index contributed by atoms with van der Waals surface area (Å²) < 4.78 is 10.7. The number of carbonyl (C=O) groups excluding carboxylic acids is 2. The monoisotopic (exact) mass is 440 g/mol. The first kappa shape index (κ1) is 23.3. The molecule has 2 aromatic rings. The number of benzene rings is 2. The fraction of sp³-hybridized carbons (Fsp3) is 0.375. The zero-order valence-electron chi connectivity index (χ0n) is 18.4. The minimum Gasteiger partial charge on any atom is -0.480 e. The van der Waals surface area contributed by atoms with Gasteiger partial charge >= 0.3 is 12.1 Å². The number of amides is 2. The molecule has 0 aliphatic heterocycles. The van der Waals surface area contributed by atoms with Gasteiger partial charge in [-0.25, -0.2) is 9.59 Å². The number of hydrogen-bond donors (Lipinski definition) is 2. The van der Waals surface area contributed by atoms with Crippen molar-refractivity contribution in [1.82, 2.24) is 10.2 Å². The summed E-state index contributed by atoms with van der Waals surface area (Å²) in [5, 5.41) is 11.7. The molecule has 8 heteroatoms. The van der Waals surface area contributed by atoms with E-state index >= 15 is 0 Å². The summed E-state index contributed by atoms with van der Waals surface area (Å²) >= 11 is 0. The van der Waals surface area contributed by atoms with Gasteiger partial charge in [-0.05, 0) is 29.2 Å². The Morgan fingerprint density at radius 1 is 1.06 bits per heavy atom. The Hall–Kier alpha value is -3.39. The number of carboxylic acids is 1. The third-order valence-corrected chi connectivity index (χ3v) is 5.89. The van der Waals surface area contributed by atoms with Crippen LogP contribution in [-0.4, -0.2) is 67.4 Å². The number of nitrogens with one attached hydrogen (secondary N) is 1. The largest absolute Gasteiger partial charge is 0.480 e. The highest BCUT2D eigenvalue weighted by Gasteiger charge is 2.29. The average Bonchev–Trinajstić information content (AvgIpc) is 3.12. The van der Waals surface area contributed by atoms with E-state index in [4.69, 9.17) is 14.6 Å². The summed E-state index contributed by atoms with van der Waals surface area (Å²) in [6.07, 6.45) is -1.27. The molecule has 3 rings (SSSR count). The maximum atomic E-state index is 12.3.